The highest BCUT2D eigenvalue weighted by molar-refractivity contribution is 5.90. The first-order valence-corrected chi connectivity index (χ1v) is 8.91. The molecule has 0 fully saturated rings. The van der Waals surface area contributed by atoms with Gasteiger partial charge < -0.3 is 10.4 Å². The van der Waals surface area contributed by atoms with Gasteiger partial charge in [-0.3, -0.25) is 14.2 Å². The number of nitrogens with one attached hydrogen (secondary N) is 1. The molecular weight excluding hydrogens is 380 g/mol. The Bertz CT molecular complexity index is 1110. The maximum atomic E-state index is 13.7. The van der Waals surface area contributed by atoms with Gasteiger partial charge in [0, 0.05) is 35.5 Å². The minimum Gasteiger partial charge on any atom is -0.396 e. The average Bonchev–Trinajstić information content (AvgIpc) is 2.67. The molecule has 2 N–H and O–H groups in total. The lowest BCUT2D eigenvalue weighted by Crippen LogP contribution is -2.33. The topological polar surface area (TPSA) is 84.2 Å². The van der Waals surface area contributed by atoms with Gasteiger partial charge in [0.15, 0.2) is 0 Å². The van der Waals surface area contributed by atoms with Crippen LogP contribution in [0.25, 0.3) is 11.4 Å². The van der Waals surface area contributed by atoms with Crippen molar-refractivity contribution in [2.24, 2.45) is 0 Å². The Morgan fingerprint density at radius 1 is 1.14 bits per heavy atom. The summed E-state index contributed by atoms with van der Waals surface area (Å²) in [5, 5.41) is 11.8. The zero-order chi connectivity index (χ0) is 21.0. The summed E-state index contributed by atoms with van der Waals surface area (Å²) in [6.07, 6.45) is 0.0760. The van der Waals surface area contributed by atoms with Gasteiger partial charge in [0.1, 0.15) is 24.0 Å². The monoisotopic (exact) mass is 399 g/mol. The molecule has 0 aliphatic rings. The molecule has 0 radical (unpaired) electrons. The van der Waals surface area contributed by atoms with E-state index in [-0.39, 0.29) is 30.1 Å². The van der Waals surface area contributed by atoms with E-state index in [1.54, 1.807) is 13.0 Å². The Hall–Kier alpha value is -3.39. The van der Waals surface area contributed by atoms with E-state index in [4.69, 9.17) is 0 Å². The van der Waals surface area contributed by atoms with E-state index in [0.717, 1.165) is 10.6 Å². The summed E-state index contributed by atoms with van der Waals surface area (Å²) in [5.41, 5.74) is 0.738. The lowest BCUT2D eigenvalue weighted by molar-refractivity contribution is -0.116. The Kier molecular flexibility index (Phi) is 6.13. The lowest BCUT2D eigenvalue weighted by Gasteiger charge is -2.16. The molecule has 1 aromatic heterocycles. The van der Waals surface area contributed by atoms with Crippen LogP contribution in [-0.4, -0.2) is 27.2 Å². The molecule has 3 rings (SSSR count). The molecule has 0 aliphatic carbocycles. The van der Waals surface area contributed by atoms with Gasteiger partial charge >= 0.3 is 0 Å². The van der Waals surface area contributed by atoms with E-state index in [1.165, 1.54) is 36.4 Å². The summed E-state index contributed by atoms with van der Waals surface area (Å²) in [5.74, 6) is -1.47. The number of hydrogen-bond acceptors (Lipinski definition) is 4. The van der Waals surface area contributed by atoms with Gasteiger partial charge in [-0.15, -0.1) is 0 Å². The number of hydrogen-bond donors (Lipinski definition) is 2. The fraction of sp³-hybridized carbons (Fsp3) is 0.190. The largest absolute Gasteiger partial charge is 0.396 e. The third-order valence-corrected chi connectivity index (χ3v) is 4.32. The number of aliphatic hydroxyl groups is 1. The van der Waals surface area contributed by atoms with Crippen LogP contribution in [0.2, 0.25) is 0 Å². The summed E-state index contributed by atoms with van der Waals surface area (Å²) >= 11 is 0. The number of aromatic nitrogens is 2. The number of nitrogens with zero attached hydrogens (tertiary/aromatic N) is 2. The number of carbonyl (C=O) groups excluding carboxylic acids is 1. The van der Waals surface area contributed by atoms with E-state index in [2.05, 4.69) is 10.3 Å². The van der Waals surface area contributed by atoms with E-state index in [0.29, 0.717) is 11.3 Å². The Balaban J connectivity index is 2.03. The minimum absolute atomic E-state index is 0.0760. The standard InChI is InChI=1S/C21H19F2N3O3/c1-13-18(8-9-27)21(29)26(20(24-13)14-4-2-5-15(22)10-14)12-19(28)25-17-7-3-6-16(23)11-17/h2-7,10-11,27H,8-9,12H2,1H3,(H,25,28). The first-order valence-electron chi connectivity index (χ1n) is 8.91. The molecule has 0 atom stereocenters. The van der Waals surface area contributed by atoms with Crippen molar-refractivity contribution in [1.29, 1.82) is 0 Å². The zero-order valence-electron chi connectivity index (χ0n) is 15.7. The predicted molar refractivity (Wildman–Crippen MR) is 104 cm³/mol. The highest BCUT2D eigenvalue weighted by Crippen LogP contribution is 2.19. The molecule has 2 aromatic carbocycles. The van der Waals surface area contributed by atoms with Crippen LogP contribution in [-0.2, 0) is 17.8 Å². The van der Waals surface area contributed by atoms with Gasteiger partial charge in [-0.2, -0.15) is 0 Å². The number of amides is 1. The fourth-order valence-corrected chi connectivity index (χ4v) is 3.01. The number of aliphatic hydroxyl groups excluding tert-OH is 1. The third kappa shape index (κ3) is 4.72. The second kappa shape index (κ2) is 8.74. The number of benzene rings is 2. The second-order valence-electron chi connectivity index (χ2n) is 6.43. The van der Waals surface area contributed by atoms with Crippen molar-refractivity contribution in [3.8, 4) is 11.4 Å². The van der Waals surface area contributed by atoms with E-state index in [1.807, 2.05) is 0 Å². The van der Waals surface area contributed by atoms with Gasteiger partial charge in [0.2, 0.25) is 5.91 Å². The van der Waals surface area contributed by atoms with Crippen LogP contribution in [0.4, 0.5) is 14.5 Å². The first-order chi connectivity index (χ1) is 13.9. The van der Waals surface area contributed by atoms with E-state index >= 15 is 0 Å². The molecule has 3 aromatic rings. The van der Waals surface area contributed by atoms with Crippen LogP contribution in [0.3, 0.4) is 0 Å². The SMILES string of the molecule is Cc1nc(-c2cccc(F)c2)n(CC(=O)Nc2cccc(F)c2)c(=O)c1CCO. The third-order valence-electron chi connectivity index (χ3n) is 4.32. The van der Waals surface area contributed by atoms with Crippen LogP contribution in [0, 0.1) is 18.6 Å². The summed E-state index contributed by atoms with van der Waals surface area (Å²) in [4.78, 5) is 29.9. The van der Waals surface area contributed by atoms with Crippen LogP contribution < -0.4 is 10.9 Å². The van der Waals surface area contributed by atoms with E-state index < -0.39 is 29.6 Å². The van der Waals surface area contributed by atoms with Crippen LogP contribution in [0.15, 0.2) is 53.3 Å². The molecule has 0 saturated carbocycles. The van der Waals surface area contributed by atoms with Gasteiger partial charge in [0.25, 0.3) is 5.56 Å². The van der Waals surface area contributed by atoms with Crippen LogP contribution in [0.1, 0.15) is 11.3 Å². The van der Waals surface area contributed by atoms with Crippen molar-refractivity contribution < 1.29 is 18.7 Å². The smallest absolute Gasteiger partial charge is 0.257 e. The summed E-state index contributed by atoms with van der Waals surface area (Å²) in [6.45, 7) is 0.950. The highest BCUT2D eigenvalue weighted by atomic mass is 19.1. The van der Waals surface area contributed by atoms with Gasteiger partial charge in [-0.1, -0.05) is 18.2 Å². The molecule has 0 bridgehead atoms. The molecule has 8 heteroatoms. The van der Waals surface area contributed by atoms with Crippen molar-refractivity contribution in [1.82, 2.24) is 9.55 Å². The molecular formula is C21H19F2N3O3. The van der Waals surface area contributed by atoms with Crippen LogP contribution >= 0.6 is 0 Å². The fourth-order valence-electron chi connectivity index (χ4n) is 3.01. The summed E-state index contributed by atoms with van der Waals surface area (Å²) < 4.78 is 28.2. The van der Waals surface area contributed by atoms with Gasteiger partial charge in [0.05, 0.1) is 0 Å². The maximum Gasteiger partial charge on any atom is 0.257 e. The predicted octanol–water partition coefficient (Wildman–Crippen LogP) is 2.67. The first kappa shape index (κ1) is 20.3. The molecule has 0 aliphatic heterocycles. The number of anilines is 1. The Morgan fingerprint density at radius 3 is 2.48 bits per heavy atom. The zero-order valence-corrected chi connectivity index (χ0v) is 15.7. The second-order valence-corrected chi connectivity index (χ2v) is 6.43. The number of carbonyl (C=O) groups is 1. The maximum absolute atomic E-state index is 13.7. The molecule has 6 nitrogen and oxygen atoms in total. The van der Waals surface area contributed by atoms with Crippen molar-refractivity contribution in [2.75, 3.05) is 11.9 Å². The highest BCUT2D eigenvalue weighted by Gasteiger charge is 2.18. The molecule has 1 heterocycles. The van der Waals surface area contributed by atoms with Crippen molar-refractivity contribution >= 4 is 11.6 Å². The van der Waals surface area contributed by atoms with Crippen molar-refractivity contribution in [2.45, 2.75) is 19.9 Å². The van der Waals surface area contributed by atoms with Crippen molar-refractivity contribution in [3.63, 3.8) is 0 Å². The number of aryl methyl sites for hydroxylation is 1. The molecule has 29 heavy (non-hydrogen) atoms. The molecule has 0 saturated heterocycles. The minimum atomic E-state index is -0.573. The summed E-state index contributed by atoms with van der Waals surface area (Å²) in [6, 6.07) is 10.9. The van der Waals surface area contributed by atoms with E-state index in [9.17, 15) is 23.5 Å². The average molecular weight is 399 g/mol. The van der Waals surface area contributed by atoms with Gasteiger partial charge in [-0.25, -0.2) is 13.8 Å². The normalized spacial score (nSPS) is 10.8. The summed E-state index contributed by atoms with van der Waals surface area (Å²) in [7, 11) is 0. The quantitative estimate of drug-likeness (QED) is 0.668. The number of rotatable bonds is 6. The molecule has 0 unspecified atom stereocenters. The van der Waals surface area contributed by atoms with Gasteiger partial charge in [-0.05, 0) is 37.3 Å². The van der Waals surface area contributed by atoms with Crippen molar-refractivity contribution in [3.05, 3.63) is 81.8 Å². The van der Waals surface area contributed by atoms with Crippen LogP contribution in [0.5, 0.6) is 0 Å². The molecule has 1 amide bonds. The Labute approximate surface area is 165 Å². The molecule has 150 valence electrons. The Morgan fingerprint density at radius 2 is 1.83 bits per heavy atom. The number of halogens is 2. The molecule has 0 spiro atoms. The lowest BCUT2D eigenvalue weighted by atomic mass is 10.1.